The minimum atomic E-state index is -0.678. The molecule has 1 aliphatic heterocycles. The van der Waals surface area contributed by atoms with E-state index in [1.54, 1.807) is 6.07 Å². The molecule has 1 saturated carbocycles. The van der Waals surface area contributed by atoms with Crippen molar-refractivity contribution in [3.63, 3.8) is 0 Å². The number of rotatable bonds is 4. The van der Waals surface area contributed by atoms with Gasteiger partial charge in [0.1, 0.15) is 5.82 Å². The number of ether oxygens (including phenoxy) is 1. The number of nitrogens with zero attached hydrogens (tertiary/aromatic N) is 3. The standard InChI is InChI=1S/C20H21F2N3O2/c21-15-3-6-17(22)18(12-15)27-19-7-2-14(13-23-19)20(26)25-9-1-8-24(10-11-25)16-4-5-16/h2-3,6-7,12-13,16H,1,4-5,8-11H2. The Morgan fingerprint density at radius 3 is 2.67 bits per heavy atom. The number of amides is 1. The predicted octanol–water partition coefficient (Wildman–Crippen LogP) is 3.46. The maximum atomic E-state index is 13.7. The maximum Gasteiger partial charge on any atom is 0.255 e. The summed E-state index contributed by atoms with van der Waals surface area (Å²) in [5.41, 5.74) is 0.460. The van der Waals surface area contributed by atoms with Crippen LogP contribution in [0.5, 0.6) is 11.6 Å². The Labute approximate surface area is 156 Å². The van der Waals surface area contributed by atoms with Gasteiger partial charge in [-0.3, -0.25) is 9.69 Å². The molecule has 1 amide bonds. The van der Waals surface area contributed by atoms with E-state index in [2.05, 4.69) is 9.88 Å². The molecule has 0 atom stereocenters. The molecular formula is C20H21F2N3O2. The molecule has 1 aromatic heterocycles. The quantitative estimate of drug-likeness (QED) is 0.823. The summed E-state index contributed by atoms with van der Waals surface area (Å²) in [6, 6.07) is 6.77. The Kier molecular flexibility index (Phi) is 5.03. The molecule has 0 bridgehead atoms. The third kappa shape index (κ3) is 4.24. The van der Waals surface area contributed by atoms with Crippen LogP contribution in [0.2, 0.25) is 0 Å². The summed E-state index contributed by atoms with van der Waals surface area (Å²) in [6.45, 7) is 3.39. The normalized spacial score (nSPS) is 18.2. The molecule has 27 heavy (non-hydrogen) atoms. The van der Waals surface area contributed by atoms with Gasteiger partial charge in [0.15, 0.2) is 11.6 Å². The van der Waals surface area contributed by atoms with Crippen LogP contribution in [0.25, 0.3) is 0 Å². The van der Waals surface area contributed by atoms with Crippen molar-refractivity contribution >= 4 is 5.91 Å². The molecular weight excluding hydrogens is 352 g/mol. The molecule has 1 aliphatic carbocycles. The summed E-state index contributed by atoms with van der Waals surface area (Å²) in [7, 11) is 0. The van der Waals surface area contributed by atoms with Gasteiger partial charge >= 0.3 is 0 Å². The highest BCUT2D eigenvalue weighted by atomic mass is 19.1. The van der Waals surface area contributed by atoms with Crippen LogP contribution < -0.4 is 4.74 Å². The smallest absolute Gasteiger partial charge is 0.255 e. The van der Waals surface area contributed by atoms with E-state index in [9.17, 15) is 13.6 Å². The minimum Gasteiger partial charge on any atom is -0.436 e. The van der Waals surface area contributed by atoms with Crippen molar-refractivity contribution in [2.24, 2.45) is 0 Å². The van der Waals surface area contributed by atoms with Gasteiger partial charge in [0.05, 0.1) is 5.56 Å². The van der Waals surface area contributed by atoms with Crippen LogP contribution >= 0.6 is 0 Å². The van der Waals surface area contributed by atoms with E-state index in [-0.39, 0.29) is 17.5 Å². The number of carbonyl (C=O) groups excluding carboxylic acids is 1. The van der Waals surface area contributed by atoms with E-state index >= 15 is 0 Å². The zero-order valence-electron chi connectivity index (χ0n) is 14.9. The van der Waals surface area contributed by atoms with Crippen molar-refractivity contribution in [2.45, 2.75) is 25.3 Å². The Bertz CT molecular complexity index is 824. The molecule has 4 rings (SSSR count). The molecule has 0 spiro atoms. The van der Waals surface area contributed by atoms with Crippen LogP contribution in [-0.4, -0.2) is 52.9 Å². The Hall–Kier alpha value is -2.54. The van der Waals surface area contributed by atoms with Gasteiger partial charge < -0.3 is 9.64 Å². The van der Waals surface area contributed by atoms with Crippen molar-refractivity contribution in [1.82, 2.24) is 14.8 Å². The highest BCUT2D eigenvalue weighted by molar-refractivity contribution is 5.94. The fourth-order valence-electron chi connectivity index (χ4n) is 3.36. The first-order chi connectivity index (χ1) is 13.1. The lowest BCUT2D eigenvalue weighted by Crippen LogP contribution is -2.35. The lowest BCUT2D eigenvalue weighted by atomic mass is 10.2. The second-order valence-electron chi connectivity index (χ2n) is 6.97. The first-order valence-corrected chi connectivity index (χ1v) is 9.22. The fraction of sp³-hybridized carbons (Fsp3) is 0.400. The fourth-order valence-corrected chi connectivity index (χ4v) is 3.36. The van der Waals surface area contributed by atoms with Gasteiger partial charge in [-0.05, 0) is 37.5 Å². The SMILES string of the molecule is O=C(c1ccc(Oc2cc(F)ccc2F)nc1)N1CCCN(C2CC2)CC1. The Morgan fingerprint density at radius 2 is 1.93 bits per heavy atom. The summed E-state index contributed by atoms with van der Waals surface area (Å²) < 4.78 is 32.2. The van der Waals surface area contributed by atoms with Gasteiger partial charge in [0, 0.05) is 50.6 Å². The molecule has 2 fully saturated rings. The number of halogens is 2. The molecule has 0 unspecified atom stereocenters. The Balaban J connectivity index is 1.40. The summed E-state index contributed by atoms with van der Waals surface area (Å²) in [5.74, 6) is -1.48. The molecule has 1 aromatic carbocycles. The number of pyridine rings is 1. The molecule has 2 aromatic rings. The third-order valence-electron chi connectivity index (χ3n) is 4.97. The van der Waals surface area contributed by atoms with Crippen molar-refractivity contribution in [3.05, 3.63) is 53.7 Å². The van der Waals surface area contributed by atoms with Gasteiger partial charge in [-0.15, -0.1) is 0 Å². The van der Waals surface area contributed by atoms with Crippen LogP contribution in [0.4, 0.5) is 8.78 Å². The van der Waals surface area contributed by atoms with Crippen molar-refractivity contribution in [1.29, 1.82) is 0 Å². The van der Waals surface area contributed by atoms with Gasteiger partial charge in [0.2, 0.25) is 5.88 Å². The molecule has 1 saturated heterocycles. The molecule has 0 N–H and O–H groups in total. The first-order valence-electron chi connectivity index (χ1n) is 9.22. The van der Waals surface area contributed by atoms with Crippen molar-refractivity contribution in [2.75, 3.05) is 26.2 Å². The number of carbonyl (C=O) groups is 1. The topological polar surface area (TPSA) is 45.7 Å². The molecule has 142 valence electrons. The second kappa shape index (κ2) is 7.60. The first kappa shape index (κ1) is 17.9. The molecule has 2 heterocycles. The number of aromatic nitrogens is 1. The number of hydrogen-bond acceptors (Lipinski definition) is 4. The van der Waals surface area contributed by atoms with Crippen LogP contribution in [0.1, 0.15) is 29.6 Å². The monoisotopic (exact) mass is 373 g/mol. The summed E-state index contributed by atoms with van der Waals surface area (Å²) in [5, 5.41) is 0. The average molecular weight is 373 g/mol. The molecule has 7 heteroatoms. The summed E-state index contributed by atoms with van der Waals surface area (Å²) >= 11 is 0. The second-order valence-corrected chi connectivity index (χ2v) is 6.97. The largest absolute Gasteiger partial charge is 0.436 e. The third-order valence-corrected chi connectivity index (χ3v) is 4.97. The highest BCUT2D eigenvalue weighted by Crippen LogP contribution is 2.28. The van der Waals surface area contributed by atoms with Crippen LogP contribution in [-0.2, 0) is 0 Å². The zero-order valence-corrected chi connectivity index (χ0v) is 14.9. The molecule has 2 aliphatic rings. The van der Waals surface area contributed by atoms with Crippen LogP contribution in [0.3, 0.4) is 0 Å². The maximum absolute atomic E-state index is 13.7. The van der Waals surface area contributed by atoms with Gasteiger partial charge in [-0.2, -0.15) is 0 Å². The van der Waals surface area contributed by atoms with E-state index in [1.807, 2.05) is 4.90 Å². The molecule has 0 radical (unpaired) electrons. The van der Waals surface area contributed by atoms with E-state index in [4.69, 9.17) is 4.74 Å². The average Bonchev–Trinajstić information content (AvgIpc) is 3.51. The lowest BCUT2D eigenvalue weighted by Gasteiger charge is -2.21. The van der Waals surface area contributed by atoms with Crippen LogP contribution in [0, 0.1) is 11.6 Å². The predicted molar refractivity (Wildman–Crippen MR) is 95.8 cm³/mol. The van der Waals surface area contributed by atoms with Gasteiger partial charge in [0.25, 0.3) is 5.91 Å². The minimum absolute atomic E-state index is 0.0661. The van der Waals surface area contributed by atoms with Gasteiger partial charge in [-0.1, -0.05) is 0 Å². The van der Waals surface area contributed by atoms with E-state index in [0.717, 1.165) is 44.3 Å². The number of benzene rings is 1. The van der Waals surface area contributed by atoms with E-state index in [0.29, 0.717) is 18.2 Å². The van der Waals surface area contributed by atoms with Crippen LogP contribution in [0.15, 0.2) is 36.5 Å². The van der Waals surface area contributed by atoms with E-state index in [1.165, 1.54) is 25.1 Å². The summed E-state index contributed by atoms with van der Waals surface area (Å²) in [6.07, 6.45) is 4.92. The zero-order chi connectivity index (χ0) is 18.8. The van der Waals surface area contributed by atoms with Gasteiger partial charge in [-0.25, -0.2) is 13.8 Å². The van der Waals surface area contributed by atoms with E-state index < -0.39 is 11.6 Å². The summed E-state index contributed by atoms with van der Waals surface area (Å²) in [4.78, 5) is 21.1. The highest BCUT2D eigenvalue weighted by Gasteiger charge is 2.31. The Morgan fingerprint density at radius 1 is 1.07 bits per heavy atom. The number of hydrogen-bond donors (Lipinski definition) is 0. The van der Waals surface area contributed by atoms with Crippen molar-refractivity contribution < 1.29 is 18.3 Å². The molecule has 5 nitrogen and oxygen atoms in total. The lowest BCUT2D eigenvalue weighted by molar-refractivity contribution is 0.0760. The van der Waals surface area contributed by atoms with Crippen molar-refractivity contribution in [3.8, 4) is 11.6 Å².